The zero-order valence-electron chi connectivity index (χ0n) is 8.75. The molecule has 0 aromatic carbocycles. The van der Waals surface area contributed by atoms with Crippen LogP contribution < -0.4 is 5.32 Å². The smallest absolute Gasteiger partial charge is 0.345 e. The Bertz CT molecular complexity index is 368. The number of carboxylic acid groups (broad SMARTS) is 1. The molecule has 0 atom stereocenters. The Morgan fingerprint density at radius 1 is 1.60 bits per heavy atom. The first-order chi connectivity index (χ1) is 7.09. The molecule has 0 aliphatic heterocycles. The van der Waals surface area contributed by atoms with Crippen molar-refractivity contribution in [1.82, 2.24) is 5.32 Å². The Labute approximate surface area is 93.1 Å². The second-order valence-corrected chi connectivity index (χ2v) is 5.51. The van der Waals surface area contributed by atoms with Crippen molar-refractivity contribution in [2.24, 2.45) is 0 Å². The van der Waals surface area contributed by atoms with E-state index in [0.717, 1.165) is 11.4 Å². The molecule has 1 fully saturated rings. The largest absolute Gasteiger partial charge is 0.477 e. The molecule has 0 radical (unpaired) electrons. The molecule has 1 aromatic rings. The molecule has 3 nitrogen and oxygen atoms in total. The fourth-order valence-electron chi connectivity index (χ4n) is 1.77. The monoisotopic (exact) mass is 225 g/mol. The molecule has 1 aliphatic carbocycles. The van der Waals surface area contributed by atoms with Crippen LogP contribution in [0.4, 0.5) is 0 Å². The highest BCUT2D eigenvalue weighted by Crippen LogP contribution is 2.31. The van der Waals surface area contributed by atoms with Gasteiger partial charge in [-0.15, -0.1) is 11.3 Å². The minimum absolute atomic E-state index is 0.285. The van der Waals surface area contributed by atoms with E-state index in [1.165, 1.54) is 30.6 Å². The number of hydrogen-bond donors (Lipinski definition) is 2. The summed E-state index contributed by atoms with van der Waals surface area (Å²) < 4.78 is 0. The molecule has 0 saturated heterocycles. The van der Waals surface area contributed by atoms with Crippen molar-refractivity contribution in [2.75, 3.05) is 0 Å². The predicted molar refractivity (Wildman–Crippen MR) is 60.4 cm³/mol. The van der Waals surface area contributed by atoms with Gasteiger partial charge in [0.25, 0.3) is 0 Å². The van der Waals surface area contributed by atoms with Gasteiger partial charge in [-0.1, -0.05) is 0 Å². The summed E-state index contributed by atoms with van der Waals surface area (Å²) in [5.41, 5.74) is 0.285. The maximum absolute atomic E-state index is 10.7. The molecule has 15 heavy (non-hydrogen) atoms. The molecule has 0 unspecified atom stereocenters. The van der Waals surface area contributed by atoms with Crippen LogP contribution in [0.15, 0.2) is 12.1 Å². The van der Waals surface area contributed by atoms with Gasteiger partial charge in [-0.2, -0.15) is 0 Å². The Morgan fingerprint density at radius 3 is 2.80 bits per heavy atom. The highest BCUT2D eigenvalue weighted by molar-refractivity contribution is 7.13. The summed E-state index contributed by atoms with van der Waals surface area (Å²) in [5.74, 6) is -0.832. The predicted octanol–water partition coefficient (Wildman–Crippen LogP) is 2.48. The highest BCUT2D eigenvalue weighted by atomic mass is 32.1. The van der Waals surface area contributed by atoms with E-state index in [2.05, 4.69) is 12.2 Å². The van der Waals surface area contributed by atoms with Crippen molar-refractivity contribution in [3.05, 3.63) is 21.9 Å². The minimum atomic E-state index is -0.832. The molecule has 4 heteroatoms. The second kappa shape index (κ2) is 3.94. The number of thiophene rings is 1. The number of rotatable bonds is 4. The summed E-state index contributed by atoms with van der Waals surface area (Å²) >= 11 is 1.35. The second-order valence-electron chi connectivity index (χ2n) is 4.34. The third kappa shape index (κ3) is 2.38. The fourth-order valence-corrected chi connectivity index (χ4v) is 2.56. The molecule has 82 valence electrons. The number of carbonyl (C=O) groups is 1. The van der Waals surface area contributed by atoms with Gasteiger partial charge >= 0.3 is 5.97 Å². The van der Waals surface area contributed by atoms with Gasteiger partial charge in [0, 0.05) is 17.0 Å². The van der Waals surface area contributed by atoms with Gasteiger partial charge in [0.05, 0.1) is 0 Å². The molecule has 1 aliphatic rings. The van der Waals surface area contributed by atoms with Gasteiger partial charge in [0.2, 0.25) is 0 Å². The van der Waals surface area contributed by atoms with E-state index in [0.29, 0.717) is 4.88 Å². The minimum Gasteiger partial charge on any atom is -0.477 e. The molecule has 1 heterocycles. The van der Waals surface area contributed by atoms with E-state index in [1.54, 1.807) is 6.07 Å². The lowest BCUT2D eigenvalue weighted by Crippen LogP contribution is -2.47. The Balaban J connectivity index is 1.90. The average Bonchev–Trinajstić information content (AvgIpc) is 2.60. The van der Waals surface area contributed by atoms with Gasteiger partial charge in [-0.3, -0.25) is 0 Å². The first-order valence-electron chi connectivity index (χ1n) is 5.16. The molecule has 0 spiro atoms. The third-order valence-electron chi connectivity index (χ3n) is 3.02. The van der Waals surface area contributed by atoms with E-state index >= 15 is 0 Å². The fraction of sp³-hybridized carbons (Fsp3) is 0.545. The normalized spacial score (nSPS) is 18.5. The zero-order chi connectivity index (χ0) is 10.9. The van der Waals surface area contributed by atoms with E-state index < -0.39 is 5.97 Å². The highest BCUT2D eigenvalue weighted by Gasteiger charge is 2.30. The lowest BCUT2D eigenvalue weighted by atomic mass is 9.78. The third-order valence-corrected chi connectivity index (χ3v) is 4.09. The zero-order valence-corrected chi connectivity index (χ0v) is 9.56. The van der Waals surface area contributed by atoms with Crippen LogP contribution in [0.25, 0.3) is 0 Å². The van der Waals surface area contributed by atoms with E-state index in [1.807, 2.05) is 6.07 Å². The van der Waals surface area contributed by atoms with Crippen LogP contribution in [0.1, 0.15) is 40.7 Å². The Hall–Kier alpha value is -0.870. The van der Waals surface area contributed by atoms with Gasteiger partial charge in [0.15, 0.2) is 0 Å². The first-order valence-corrected chi connectivity index (χ1v) is 5.98. The number of nitrogens with one attached hydrogen (secondary N) is 1. The van der Waals surface area contributed by atoms with Crippen molar-refractivity contribution >= 4 is 17.3 Å². The van der Waals surface area contributed by atoms with Crippen molar-refractivity contribution in [2.45, 2.75) is 38.3 Å². The van der Waals surface area contributed by atoms with Gasteiger partial charge in [-0.05, 0) is 38.3 Å². The van der Waals surface area contributed by atoms with Crippen molar-refractivity contribution in [3.8, 4) is 0 Å². The van der Waals surface area contributed by atoms with Gasteiger partial charge in [-0.25, -0.2) is 4.79 Å². The molecule has 1 aromatic heterocycles. The van der Waals surface area contributed by atoms with E-state index in [9.17, 15) is 4.79 Å². The van der Waals surface area contributed by atoms with Crippen LogP contribution in [0, 0.1) is 0 Å². The quantitative estimate of drug-likeness (QED) is 0.827. The standard InChI is InChI=1S/C11H15NO2S/c1-11(5-2-6-11)12-7-8-3-4-9(15-8)10(13)14/h3-4,12H,2,5-7H2,1H3,(H,13,14). The van der Waals surface area contributed by atoms with E-state index in [4.69, 9.17) is 5.11 Å². The summed E-state index contributed by atoms with van der Waals surface area (Å²) in [5, 5.41) is 12.3. The Kier molecular flexibility index (Phi) is 2.80. The maximum atomic E-state index is 10.7. The molecule has 0 amide bonds. The lowest BCUT2D eigenvalue weighted by Gasteiger charge is -2.39. The van der Waals surface area contributed by atoms with Crippen LogP contribution >= 0.6 is 11.3 Å². The SMILES string of the molecule is CC1(NCc2ccc(C(=O)O)s2)CCC1. The number of carboxylic acids is 1. The molecule has 1 saturated carbocycles. The summed E-state index contributed by atoms with van der Waals surface area (Å²) in [7, 11) is 0. The molecule has 2 rings (SSSR count). The average molecular weight is 225 g/mol. The summed E-state index contributed by atoms with van der Waals surface area (Å²) in [6.45, 7) is 3.01. The molecule has 0 bridgehead atoms. The van der Waals surface area contributed by atoms with E-state index in [-0.39, 0.29) is 5.54 Å². The number of aromatic carboxylic acids is 1. The van der Waals surface area contributed by atoms with Gasteiger partial charge in [0.1, 0.15) is 4.88 Å². The molecular formula is C11H15NO2S. The van der Waals surface area contributed by atoms with Crippen LogP contribution in [-0.4, -0.2) is 16.6 Å². The summed E-state index contributed by atoms with van der Waals surface area (Å²) in [4.78, 5) is 12.2. The van der Waals surface area contributed by atoms with Crippen molar-refractivity contribution in [3.63, 3.8) is 0 Å². The van der Waals surface area contributed by atoms with Crippen molar-refractivity contribution in [1.29, 1.82) is 0 Å². The van der Waals surface area contributed by atoms with Crippen LogP contribution in [0.3, 0.4) is 0 Å². The Morgan fingerprint density at radius 2 is 2.33 bits per heavy atom. The maximum Gasteiger partial charge on any atom is 0.345 e. The van der Waals surface area contributed by atoms with Crippen LogP contribution in [0.2, 0.25) is 0 Å². The first kappa shape index (κ1) is 10.6. The summed E-state index contributed by atoms with van der Waals surface area (Å²) in [6.07, 6.45) is 3.75. The molecular weight excluding hydrogens is 210 g/mol. The van der Waals surface area contributed by atoms with Crippen LogP contribution in [-0.2, 0) is 6.54 Å². The molecule has 2 N–H and O–H groups in total. The van der Waals surface area contributed by atoms with Gasteiger partial charge < -0.3 is 10.4 Å². The topological polar surface area (TPSA) is 49.3 Å². The lowest BCUT2D eigenvalue weighted by molar-refractivity contribution is 0.0702. The number of hydrogen-bond acceptors (Lipinski definition) is 3. The van der Waals surface area contributed by atoms with Crippen LogP contribution in [0.5, 0.6) is 0 Å². The van der Waals surface area contributed by atoms with Crippen molar-refractivity contribution < 1.29 is 9.90 Å². The summed E-state index contributed by atoms with van der Waals surface area (Å²) in [6, 6.07) is 3.57.